The predicted molar refractivity (Wildman–Crippen MR) is 55.6 cm³/mol. The number of benzene rings is 1. The molecule has 1 fully saturated rings. The molecule has 3 N–H and O–H groups in total. The lowest BCUT2D eigenvalue weighted by Gasteiger charge is -2.18. The molecule has 0 radical (unpaired) electrons. The number of halogens is 1. The van der Waals surface area contributed by atoms with E-state index in [0.29, 0.717) is 6.04 Å². The topological polar surface area (TPSA) is 38.0 Å². The van der Waals surface area contributed by atoms with Crippen LogP contribution in [0.15, 0.2) is 24.3 Å². The summed E-state index contributed by atoms with van der Waals surface area (Å²) in [4.78, 5) is 0. The fourth-order valence-corrected chi connectivity index (χ4v) is 1.93. The van der Waals surface area contributed by atoms with Crippen molar-refractivity contribution in [1.29, 1.82) is 0 Å². The first-order chi connectivity index (χ1) is 6.75. The average Bonchev–Trinajstić information content (AvgIpc) is 2.56. The highest BCUT2D eigenvalue weighted by Crippen LogP contribution is 2.21. The zero-order valence-corrected chi connectivity index (χ0v) is 8.04. The minimum atomic E-state index is -0.203. The number of nitrogens with one attached hydrogen (secondary N) is 1. The second kappa shape index (κ2) is 3.96. The lowest BCUT2D eigenvalue weighted by Crippen LogP contribution is -2.35. The Bertz CT molecular complexity index is 297. The Kier molecular flexibility index (Phi) is 2.68. The summed E-state index contributed by atoms with van der Waals surface area (Å²) in [5, 5.41) is 3.33. The van der Waals surface area contributed by atoms with Gasteiger partial charge in [-0.05, 0) is 43.5 Å². The lowest BCUT2D eigenvalue weighted by atomic mass is 10.2. The SMILES string of the molecule is N[C@H]1CCC[C@H]1Nc1ccc(F)cc1. The summed E-state index contributed by atoms with van der Waals surface area (Å²) in [5.41, 5.74) is 6.87. The molecule has 1 aliphatic carbocycles. The molecule has 0 saturated heterocycles. The zero-order chi connectivity index (χ0) is 9.97. The van der Waals surface area contributed by atoms with Crippen LogP contribution >= 0.6 is 0 Å². The third-order valence-electron chi connectivity index (χ3n) is 2.77. The van der Waals surface area contributed by atoms with Crippen molar-refractivity contribution in [1.82, 2.24) is 0 Å². The van der Waals surface area contributed by atoms with Crippen molar-refractivity contribution in [2.75, 3.05) is 5.32 Å². The summed E-state index contributed by atoms with van der Waals surface area (Å²) in [6.45, 7) is 0. The van der Waals surface area contributed by atoms with Crippen LogP contribution in [0.2, 0.25) is 0 Å². The Morgan fingerprint density at radius 3 is 2.50 bits per heavy atom. The van der Waals surface area contributed by atoms with E-state index >= 15 is 0 Å². The summed E-state index contributed by atoms with van der Waals surface area (Å²) in [5.74, 6) is -0.203. The van der Waals surface area contributed by atoms with E-state index in [-0.39, 0.29) is 11.9 Å². The normalized spacial score (nSPS) is 26.4. The Labute approximate surface area is 83.3 Å². The van der Waals surface area contributed by atoms with Gasteiger partial charge in [0.1, 0.15) is 5.82 Å². The van der Waals surface area contributed by atoms with Crippen molar-refractivity contribution < 1.29 is 4.39 Å². The van der Waals surface area contributed by atoms with Gasteiger partial charge in [0, 0.05) is 17.8 Å². The van der Waals surface area contributed by atoms with Crippen molar-refractivity contribution in [3.63, 3.8) is 0 Å². The monoisotopic (exact) mass is 194 g/mol. The van der Waals surface area contributed by atoms with Crippen LogP contribution < -0.4 is 11.1 Å². The number of hydrogen-bond acceptors (Lipinski definition) is 2. The average molecular weight is 194 g/mol. The standard InChI is InChI=1S/C11H15FN2/c12-8-4-6-9(7-5-8)14-11-3-1-2-10(11)13/h4-7,10-11,14H,1-3,13H2/t10-,11+/m0/s1. The van der Waals surface area contributed by atoms with Crippen LogP contribution in [0.3, 0.4) is 0 Å². The van der Waals surface area contributed by atoms with Crippen LogP contribution in [0, 0.1) is 5.82 Å². The minimum absolute atomic E-state index is 0.203. The summed E-state index contributed by atoms with van der Waals surface area (Å²) in [7, 11) is 0. The fourth-order valence-electron chi connectivity index (χ4n) is 1.93. The van der Waals surface area contributed by atoms with Crippen LogP contribution in [0.25, 0.3) is 0 Å². The van der Waals surface area contributed by atoms with Crippen LogP contribution in [0.1, 0.15) is 19.3 Å². The number of anilines is 1. The molecule has 1 aliphatic rings. The Hall–Kier alpha value is -1.09. The summed E-state index contributed by atoms with van der Waals surface area (Å²) in [6.07, 6.45) is 3.37. The molecule has 0 aromatic heterocycles. The molecule has 0 unspecified atom stereocenters. The van der Waals surface area contributed by atoms with E-state index < -0.39 is 0 Å². The van der Waals surface area contributed by atoms with Crippen molar-refractivity contribution in [3.8, 4) is 0 Å². The molecule has 3 heteroatoms. The third-order valence-corrected chi connectivity index (χ3v) is 2.77. The first-order valence-electron chi connectivity index (χ1n) is 5.03. The van der Waals surface area contributed by atoms with Crippen molar-refractivity contribution in [3.05, 3.63) is 30.1 Å². The second-order valence-electron chi connectivity index (χ2n) is 3.85. The molecule has 2 nitrogen and oxygen atoms in total. The first kappa shape index (κ1) is 9.46. The number of rotatable bonds is 2. The van der Waals surface area contributed by atoms with Gasteiger partial charge >= 0.3 is 0 Å². The van der Waals surface area contributed by atoms with E-state index in [4.69, 9.17) is 5.73 Å². The van der Waals surface area contributed by atoms with Gasteiger partial charge < -0.3 is 11.1 Å². The minimum Gasteiger partial charge on any atom is -0.381 e. The molecule has 1 aromatic rings. The van der Waals surface area contributed by atoms with Gasteiger partial charge in [-0.1, -0.05) is 0 Å². The summed E-state index contributed by atoms with van der Waals surface area (Å²) in [6, 6.07) is 7.01. The van der Waals surface area contributed by atoms with Crippen molar-refractivity contribution in [2.24, 2.45) is 5.73 Å². The highest BCUT2D eigenvalue weighted by atomic mass is 19.1. The fraction of sp³-hybridized carbons (Fsp3) is 0.455. The quantitative estimate of drug-likeness (QED) is 0.756. The molecule has 0 spiro atoms. The molecular formula is C11H15FN2. The molecule has 0 heterocycles. The van der Waals surface area contributed by atoms with E-state index in [2.05, 4.69) is 5.32 Å². The maximum Gasteiger partial charge on any atom is 0.123 e. The maximum absolute atomic E-state index is 12.6. The van der Waals surface area contributed by atoms with Gasteiger partial charge in [-0.15, -0.1) is 0 Å². The molecule has 1 saturated carbocycles. The molecule has 2 rings (SSSR count). The van der Waals surface area contributed by atoms with Crippen LogP contribution in [0.5, 0.6) is 0 Å². The molecule has 0 bridgehead atoms. The van der Waals surface area contributed by atoms with Crippen LogP contribution in [-0.4, -0.2) is 12.1 Å². The van der Waals surface area contributed by atoms with Gasteiger partial charge in [-0.3, -0.25) is 0 Å². The number of nitrogens with two attached hydrogens (primary N) is 1. The molecule has 0 amide bonds. The molecule has 14 heavy (non-hydrogen) atoms. The van der Waals surface area contributed by atoms with Crippen molar-refractivity contribution >= 4 is 5.69 Å². The van der Waals surface area contributed by atoms with Crippen LogP contribution in [0.4, 0.5) is 10.1 Å². The highest BCUT2D eigenvalue weighted by molar-refractivity contribution is 5.44. The highest BCUT2D eigenvalue weighted by Gasteiger charge is 2.23. The Balaban J connectivity index is 2.00. The molecular weight excluding hydrogens is 179 g/mol. The van der Waals surface area contributed by atoms with E-state index in [1.807, 2.05) is 0 Å². The lowest BCUT2D eigenvalue weighted by molar-refractivity contribution is 0.625. The third kappa shape index (κ3) is 2.04. The summed E-state index contributed by atoms with van der Waals surface area (Å²) >= 11 is 0. The second-order valence-corrected chi connectivity index (χ2v) is 3.85. The van der Waals surface area contributed by atoms with Gasteiger partial charge in [-0.25, -0.2) is 4.39 Å². The molecule has 2 atom stereocenters. The first-order valence-corrected chi connectivity index (χ1v) is 5.03. The molecule has 0 aliphatic heterocycles. The zero-order valence-electron chi connectivity index (χ0n) is 8.04. The summed E-state index contributed by atoms with van der Waals surface area (Å²) < 4.78 is 12.6. The smallest absolute Gasteiger partial charge is 0.123 e. The molecule has 76 valence electrons. The maximum atomic E-state index is 12.6. The van der Waals surface area contributed by atoms with Gasteiger partial charge in [0.15, 0.2) is 0 Å². The number of hydrogen-bond donors (Lipinski definition) is 2. The van der Waals surface area contributed by atoms with Gasteiger partial charge in [-0.2, -0.15) is 0 Å². The van der Waals surface area contributed by atoms with E-state index in [1.54, 1.807) is 12.1 Å². The van der Waals surface area contributed by atoms with Crippen LogP contribution in [-0.2, 0) is 0 Å². The molecule has 1 aromatic carbocycles. The van der Waals surface area contributed by atoms with E-state index in [0.717, 1.165) is 18.5 Å². The van der Waals surface area contributed by atoms with Crippen molar-refractivity contribution in [2.45, 2.75) is 31.3 Å². The Morgan fingerprint density at radius 2 is 1.93 bits per heavy atom. The largest absolute Gasteiger partial charge is 0.381 e. The predicted octanol–water partition coefficient (Wildman–Crippen LogP) is 2.12. The van der Waals surface area contributed by atoms with E-state index in [9.17, 15) is 4.39 Å². The van der Waals surface area contributed by atoms with Gasteiger partial charge in [0.25, 0.3) is 0 Å². The van der Waals surface area contributed by atoms with Gasteiger partial charge in [0.05, 0.1) is 0 Å². The van der Waals surface area contributed by atoms with E-state index in [1.165, 1.54) is 18.6 Å². The van der Waals surface area contributed by atoms with Gasteiger partial charge in [0.2, 0.25) is 0 Å². The Morgan fingerprint density at radius 1 is 1.21 bits per heavy atom.